The lowest BCUT2D eigenvalue weighted by Crippen LogP contribution is -1.93. The van der Waals surface area contributed by atoms with Crippen molar-refractivity contribution in [3.8, 4) is 16.1 Å². The Kier molecular flexibility index (Phi) is 3.98. The largest absolute Gasteiger partial charge is 0.456 e. The molecule has 0 aliphatic rings. The molecule has 0 aliphatic heterocycles. The minimum Gasteiger partial charge on any atom is -0.456 e. The van der Waals surface area contributed by atoms with Crippen molar-refractivity contribution < 1.29 is 8.94 Å². The Balaban J connectivity index is 1.21. The molecular weight excluding hydrogens is 528 g/mol. The first-order chi connectivity index (χ1) is 20.3. The molecule has 0 unspecified atom stereocenters. The topological polar surface area (TPSA) is 61.4 Å². The Morgan fingerprint density at radius 3 is 2.27 bits per heavy atom. The van der Waals surface area contributed by atoms with Crippen LogP contribution >= 0.6 is 11.3 Å². The van der Waals surface area contributed by atoms with Gasteiger partial charge in [-0.05, 0) is 60.2 Å². The number of pyridine rings is 1. The maximum atomic E-state index is 6.30. The first-order valence-electron chi connectivity index (χ1n) is 13.4. The van der Waals surface area contributed by atoms with Gasteiger partial charge in [-0.1, -0.05) is 41.6 Å². The lowest BCUT2D eigenvalue weighted by atomic mass is 10.1. The average molecular weight is 547 g/mol. The first-order valence-corrected chi connectivity index (χ1v) is 14.2. The summed E-state index contributed by atoms with van der Waals surface area (Å²) in [4.78, 5) is 6.77. The van der Waals surface area contributed by atoms with Gasteiger partial charge in [0.2, 0.25) is 0 Å². The van der Waals surface area contributed by atoms with Crippen molar-refractivity contribution in [2.45, 2.75) is 0 Å². The van der Waals surface area contributed by atoms with E-state index in [0.717, 1.165) is 64.9 Å². The van der Waals surface area contributed by atoms with Gasteiger partial charge in [-0.2, -0.15) is 0 Å². The molecule has 0 radical (unpaired) electrons. The highest BCUT2D eigenvalue weighted by Gasteiger charge is 2.18. The summed E-state index contributed by atoms with van der Waals surface area (Å²) < 4.78 is 16.4. The fraction of sp³-hybridized carbons (Fsp3) is 0. The lowest BCUT2D eigenvalue weighted by molar-refractivity contribution is 0.458. The van der Waals surface area contributed by atoms with Crippen LogP contribution in [0.4, 0.5) is 0 Å². The number of hydrogen-bond donors (Lipinski definition) is 0. The normalized spacial score (nSPS) is 12.4. The monoisotopic (exact) mass is 546 g/mol. The number of fused-ring (bicyclic) bond motifs is 12. The van der Waals surface area contributed by atoms with Crippen LogP contribution in [0.15, 0.2) is 119 Å². The molecule has 0 saturated carbocycles. The summed E-state index contributed by atoms with van der Waals surface area (Å²) in [5, 5.41) is 10.7. The minimum absolute atomic E-state index is 0.770. The molecule has 192 valence electrons. The van der Waals surface area contributed by atoms with Crippen LogP contribution in [0.3, 0.4) is 0 Å². The molecule has 7 heteroatoms. The average Bonchev–Trinajstić information content (AvgIpc) is 3.83. The number of benzene rings is 4. The van der Waals surface area contributed by atoms with Crippen LogP contribution in [0, 0.1) is 0 Å². The van der Waals surface area contributed by atoms with Crippen molar-refractivity contribution in [1.29, 1.82) is 0 Å². The summed E-state index contributed by atoms with van der Waals surface area (Å²) in [7, 11) is 0. The van der Waals surface area contributed by atoms with Gasteiger partial charge in [0.15, 0.2) is 11.2 Å². The van der Waals surface area contributed by atoms with Crippen molar-refractivity contribution in [3.63, 3.8) is 0 Å². The third kappa shape index (κ3) is 2.80. The van der Waals surface area contributed by atoms with Crippen molar-refractivity contribution >= 4 is 81.9 Å². The smallest absolute Gasteiger partial charge is 0.180 e. The Bertz CT molecular complexity index is 2540. The molecule has 41 heavy (non-hydrogen) atoms. The molecule has 0 N–H and O–H groups in total. The lowest BCUT2D eigenvalue weighted by Gasteiger charge is -2.08. The zero-order valence-electron chi connectivity index (χ0n) is 21.4. The molecule has 0 fully saturated rings. The number of thiophene rings is 1. The summed E-state index contributed by atoms with van der Waals surface area (Å²) in [5.41, 5.74) is 8.00. The molecule has 6 nitrogen and oxygen atoms in total. The van der Waals surface area contributed by atoms with E-state index in [2.05, 4.69) is 110 Å². The van der Waals surface area contributed by atoms with E-state index in [0.29, 0.717) is 0 Å². The summed E-state index contributed by atoms with van der Waals surface area (Å²) >= 11 is 1.72. The molecule has 0 atom stereocenters. The first kappa shape index (κ1) is 21.4. The van der Waals surface area contributed by atoms with Gasteiger partial charge in [-0.3, -0.25) is 4.40 Å². The predicted octanol–water partition coefficient (Wildman–Crippen LogP) is 9.35. The molecule has 0 saturated heterocycles. The van der Waals surface area contributed by atoms with Crippen LogP contribution in [0.1, 0.15) is 0 Å². The van der Waals surface area contributed by atoms with E-state index in [1.54, 1.807) is 17.5 Å². The maximum absolute atomic E-state index is 6.30. The van der Waals surface area contributed by atoms with Gasteiger partial charge in [0.25, 0.3) is 0 Å². The van der Waals surface area contributed by atoms with Gasteiger partial charge in [0.05, 0.1) is 28.0 Å². The van der Waals surface area contributed by atoms with E-state index < -0.39 is 0 Å². The van der Waals surface area contributed by atoms with Crippen LogP contribution in [0.25, 0.3) is 86.7 Å². The van der Waals surface area contributed by atoms with Crippen LogP contribution in [-0.2, 0) is 0 Å². The van der Waals surface area contributed by atoms with Gasteiger partial charge in [-0.15, -0.1) is 11.3 Å². The zero-order chi connectivity index (χ0) is 26.7. The minimum atomic E-state index is 0.770. The van der Waals surface area contributed by atoms with Gasteiger partial charge < -0.3 is 13.5 Å². The Morgan fingerprint density at radius 1 is 0.683 bits per heavy atom. The van der Waals surface area contributed by atoms with Crippen molar-refractivity contribution in [3.05, 3.63) is 110 Å². The van der Waals surface area contributed by atoms with E-state index in [1.165, 1.54) is 21.8 Å². The fourth-order valence-electron chi connectivity index (χ4n) is 6.38. The number of nitrogens with zero attached hydrogens (tertiary/aromatic N) is 4. The quantitative estimate of drug-likeness (QED) is 0.217. The molecule has 4 aromatic carbocycles. The summed E-state index contributed by atoms with van der Waals surface area (Å²) in [6, 6.07) is 32.3. The highest BCUT2D eigenvalue weighted by Crippen LogP contribution is 2.41. The summed E-state index contributed by atoms with van der Waals surface area (Å²) in [6.07, 6.45) is 5.55. The van der Waals surface area contributed by atoms with E-state index in [9.17, 15) is 0 Å². The third-order valence-electron chi connectivity index (χ3n) is 8.20. The number of aromatic nitrogens is 4. The number of furan rings is 1. The Morgan fingerprint density at radius 2 is 1.44 bits per heavy atom. The number of para-hydroxylation sites is 2. The van der Waals surface area contributed by atoms with E-state index >= 15 is 0 Å². The zero-order valence-corrected chi connectivity index (χ0v) is 22.2. The van der Waals surface area contributed by atoms with Gasteiger partial charge in [-0.25, -0.2) is 4.98 Å². The maximum Gasteiger partial charge on any atom is 0.180 e. The molecule has 0 aliphatic carbocycles. The molecular formula is C34H18N4O2S. The van der Waals surface area contributed by atoms with Crippen LogP contribution < -0.4 is 0 Å². The highest BCUT2D eigenvalue weighted by atomic mass is 32.1. The Labute approximate surface area is 235 Å². The third-order valence-corrected chi connectivity index (χ3v) is 9.39. The second-order valence-corrected chi connectivity index (χ2v) is 11.4. The van der Waals surface area contributed by atoms with Gasteiger partial charge >= 0.3 is 0 Å². The van der Waals surface area contributed by atoms with Gasteiger partial charge in [0, 0.05) is 44.5 Å². The second-order valence-electron chi connectivity index (χ2n) is 10.4. The van der Waals surface area contributed by atoms with E-state index in [-0.39, 0.29) is 0 Å². The summed E-state index contributed by atoms with van der Waals surface area (Å²) in [5.74, 6) is 0. The fourth-order valence-corrected chi connectivity index (χ4v) is 7.52. The molecule has 6 aromatic heterocycles. The molecule has 0 amide bonds. The van der Waals surface area contributed by atoms with Crippen molar-refractivity contribution in [2.24, 2.45) is 0 Å². The van der Waals surface area contributed by atoms with Gasteiger partial charge in [0.1, 0.15) is 16.0 Å². The second kappa shape index (κ2) is 7.62. The van der Waals surface area contributed by atoms with Crippen LogP contribution in [-0.4, -0.2) is 19.1 Å². The van der Waals surface area contributed by atoms with Crippen LogP contribution in [0.2, 0.25) is 0 Å². The summed E-state index contributed by atoms with van der Waals surface area (Å²) in [6.45, 7) is 0. The standard InChI is InChI=1S/C34H18N4O2S/c1-3-7-27-21(5-1)22-6-2-4-8-28(22)38(27)20-10-12-30-24(16-20)23-15-19(9-11-29(23)39-30)31-17-25-32-26(18-36-40-32)33-35-13-14-37(33)34(25)41-31/h1-18H. The van der Waals surface area contributed by atoms with E-state index in [4.69, 9.17) is 8.94 Å². The molecule has 6 heterocycles. The van der Waals surface area contributed by atoms with Crippen molar-refractivity contribution in [2.75, 3.05) is 0 Å². The SMILES string of the molecule is c1ccc2c(c1)c1ccccc1n2-c1ccc2oc3ccc(-c4cc5c6oncc6c6nccn6c5s4)cc3c2c1. The Hall–Kier alpha value is -5.40. The molecule has 0 spiro atoms. The highest BCUT2D eigenvalue weighted by molar-refractivity contribution is 7.22. The number of hydrogen-bond acceptors (Lipinski definition) is 5. The molecule has 10 rings (SSSR count). The number of imidazole rings is 1. The van der Waals surface area contributed by atoms with Crippen LogP contribution in [0.5, 0.6) is 0 Å². The molecule has 0 bridgehead atoms. The van der Waals surface area contributed by atoms with Crippen molar-refractivity contribution in [1.82, 2.24) is 19.1 Å². The predicted molar refractivity (Wildman–Crippen MR) is 165 cm³/mol. The number of rotatable bonds is 2. The van der Waals surface area contributed by atoms with E-state index in [1.807, 2.05) is 12.4 Å². The molecule has 10 aromatic rings.